The molecule has 1 aliphatic heterocycles. The first-order valence-electron chi connectivity index (χ1n) is 10.8. The van der Waals surface area contributed by atoms with Gasteiger partial charge in [-0.15, -0.1) is 21.5 Å². The molecule has 2 N–H and O–H groups in total. The summed E-state index contributed by atoms with van der Waals surface area (Å²) in [6.45, 7) is 11.4. The normalized spacial score (nSPS) is 16.6. The molecule has 1 atom stereocenters. The molecule has 8 nitrogen and oxygen atoms in total. The molecule has 0 aromatic carbocycles. The molecule has 0 amide bonds. The van der Waals surface area contributed by atoms with E-state index in [1.807, 2.05) is 29.9 Å². The zero-order valence-corrected chi connectivity index (χ0v) is 19.2. The maximum atomic E-state index is 5.42. The highest BCUT2D eigenvalue weighted by Gasteiger charge is 2.11. The van der Waals surface area contributed by atoms with E-state index in [1.54, 1.807) is 0 Å². The van der Waals surface area contributed by atoms with Crippen LogP contribution in [0.15, 0.2) is 22.5 Å². The smallest absolute Gasteiger partial charge is 0.191 e. The lowest BCUT2D eigenvalue weighted by atomic mass is 10.1. The van der Waals surface area contributed by atoms with Crippen molar-refractivity contribution in [1.82, 2.24) is 30.3 Å². The average Bonchev–Trinajstić information content (AvgIpc) is 3.38. The van der Waals surface area contributed by atoms with Crippen molar-refractivity contribution in [3.8, 4) is 0 Å². The van der Waals surface area contributed by atoms with Crippen LogP contribution in [-0.4, -0.2) is 71.6 Å². The largest absolute Gasteiger partial charge is 0.379 e. The number of aryl methyl sites for hydroxylation is 1. The van der Waals surface area contributed by atoms with E-state index in [0.29, 0.717) is 12.5 Å². The predicted molar refractivity (Wildman–Crippen MR) is 122 cm³/mol. The fourth-order valence-corrected chi connectivity index (χ4v) is 4.23. The number of aromatic nitrogens is 3. The summed E-state index contributed by atoms with van der Waals surface area (Å²) in [5, 5.41) is 17.5. The van der Waals surface area contributed by atoms with Crippen LogP contribution in [0.3, 0.4) is 0 Å². The second-order valence-electron chi connectivity index (χ2n) is 7.89. The monoisotopic (exact) mass is 433 g/mol. The predicted octanol–water partition coefficient (Wildman–Crippen LogP) is 1.82. The van der Waals surface area contributed by atoms with Gasteiger partial charge < -0.3 is 19.9 Å². The number of rotatable bonds is 10. The van der Waals surface area contributed by atoms with E-state index in [-0.39, 0.29) is 0 Å². The first kappa shape index (κ1) is 22.7. The molecule has 1 saturated heterocycles. The van der Waals surface area contributed by atoms with Gasteiger partial charge in [0.05, 0.1) is 13.2 Å². The van der Waals surface area contributed by atoms with Crippen molar-refractivity contribution in [1.29, 1.82) is 0 Å². The topological polar surface area (TPSA) is 79.6 Å². The molecule has 0 bridgehead atoms. The third-order valence-electron chi connectivity index (χ3n) is 5.36. The number of ether oxygens (including phenoxy) is 1. The Morgan fingerprint density at radius 3 is 2.83 bits per heavy atom. The van der Waals surface area contributed by atoms with E-state index in [0.717, 1.165) is 76.4 Å². The molecular weight excluding hydrogens is 398 g/mol. The van der Waals surface area contributed by atoms with Gasteiger partial charge in [0.1, 0.15) is 12.4 Å². The van der Waals surface area contributed by atoms with Crippen molar-refractivity contribution in [2.75, 3.05) is 45.9 Å². The third kappa shape index (κ3) is 7.37. The summed E-state index contributed by atoms with van der Waals surface area (Å²) in [5.74, 6) is 3.14. The van der Waals surface area contributed by atoms with Gasteiger partial charge in [-0.05, 0) is 43.7 Å². The Bertz CT molecular complexity index is 768. The van der Waals surface area contributed by atoms with E-state index >= 15 is 0 Å². The zero-order valence-electron chi connectivity index (χ0n) is 18.4. The second kappa shape index (κ2) is 12.0. The van der Waals surface area contributed by atoms with Crippen molar-refractivity contribution in [2.45, 2.75) is 33.2 Å². The van der Waals surface area contributed by atoms with Gasteiger partial charge in [-0.2, -0.15) is 0 Å². The highest BCUT2D eigenvalue weighted by atomic mass is 32.1. The summed E-state index contributed by atoms with van der Waals surface area (Å²) >= 11 is 1.82. The van der Waals surface area contributed by atoms with Crippen LogP contribution >= 0.6 is 11.3 Å². The van der Waals surface area contributed by atoms with Crippen LogP contribution in [0.2, 0.25) is 0 Å². The first-order chi connectivity index (χ1) is 14.6. The Hall–Kier alpha value is -1.97. The van der Waals surface area contributed by atoms with E-state index in [9.17, 15) is 0 Å². The van der Waals surface area contributed by atoms with Crippen molar-refractivity contribution in [2.24, 2.45) is 18.0 Å². The highest BCUT2D eigenvalue weighted by molar-refractivity contribution is 7.09. The molecule has 3 heterocycles. The summed E-state index contributed by atoms with van der Waals surface area (Å²) in [4.78, 5) is 8.65. The Morgan fingerprint density at radius 2 is 2.13 bits per heavy atom. The zero-order chi connectivity index (χ0) is 21.2. The van der Waals surface area contributed by atoms with E-state index < -0.39 is 0 Å². The van der Waals surface area contributed by atoms with Crippen molar-refractivity contribution in [3.05, 3.63) is 34.0 Å². The van der Waals surface area contributed by atoms with E-state index in [4.69, 9.17) is 9.73 Å². The summed E-state index contributed by atoms with van der Waals surface area (Å²) in [6.07, 6.45) is 2.16. The van der Waals surface area contributed by atoms with Gasteiger partial charge in [-0.25, -0.2) is 4.99 Å². The van der Waals surface area contributed by atoms with Crippen LogP contribution in [0.5, 0.6) is 0 Å². The Kier molecular flexibility index (Phi) is 9.10. The van der Waals surface area contributed by atoms with Crippen LogP contribution in [0.25, 0.3) is 0 Å². The maximum Gasteiger partial charge on any atom is 0.191 e. The molecular formula is C21H35N7OS. The molecule has 0 spiro atoms. The highest BCUT2D eigenvalue weighted by Crippen LogP contribution is 2.13. The minimum atomic E-state index is 0.509. The molecule has 0 saturated carbocycles. The molecule has 2 aromatic heterocycles. The number of guanidine groups is 1. The van der Waals surface area contributed by atoms with Crippen LogP contribution in [0.4, 0.5) is 0 Å². The molecule has 0 radical (unpaired) electrons. The lowest BCUT2D eigenvalue weighted by molar-refractivity contribution is 0.0376. The molecule has 2 aromatic rings. The quantitative estimate of drug-likeness (QED) is 0.338. The number of morpholine rings is 1. The number of hydrogen-bond donors (Lipinski definition) is 2. The van der Waals surface area contributed by atoms with Gasteiger partial charge in [0.2, 0.25) is 0 Å². The SMILES string of the molecule is Cc1nnc(CN=C(NCCCN2CCOCC2)NCC(C)Cc2cccs2)n1C. The Labute approximate surface area is 183 Å². The molecule has 30 heavy (non-hydrogen) atoms. The van der Waals surface area contributed by atoms with Crippen molar-refractivity contribution < 1.29 is 4.74 Å². The van der Waals surface area contributed by atoms with Crippen LogP contribution < -0.4 is 10.6 Å². The van der Waals surface area contributed by atoms with E-state index in [2.05, 4.69) is 50.2 Å². The summed E-state index contributed by atoms with van der Waals surface area (Å²) in [5.41, 5.74) is 0. The first-order valence-corrected chi connectivity index (χ1v) is 11.7. The fourth-order valence-electron chi connectivity index (χ4n) is 3.36. The molecule has 9 heteroatoms. The Morgan fingerprint density at radius 1 is 1.30 bits per heavy atom. The van der Waals surface area contributed by atoms with Crippen LogP contribution in [0, 0.1) is 12.8 Å². The minimum Gasteiger partial charge on any atom is -0.379 e. The van der Waals surface area contributed by atoms with Gasteiger partial charge in [0.25, 0.3) is 0 Å². The number of thiophene rings is 1. The minimum absolute atomic E-state index is 0.509. The van der Waals surface area contributed by atoms with Crippen molar-refractivity contribution in [3.63, 3.8) is 0 Å². The van der Waals surface area contributed by atoms with Crippen LogP contribution in [0.1, 0.15) is 29.9 Å². The number of aliphatic imine (C=N–C) groups is 1. The molecule has 166 valence electrons. The number of nitrogens with zero attached hydrogens (tertiary/aromatic N) is 5. The molecule has 0 aliphatic carbocycles. The summed E-state index contributed by atoms with van der Waals surface area (Å²) in [7, 11) is 1.98. The van der Waals surface area contributed by atoms with Gasteiger partial charge in [-0.1, -0.05) is 13.0 Å². The van der Waals surface area contributed by atoms with Gasteiger partial charge in [-0.3, -0.25) is 4.90 Å². The third-order valence-corrected chi connectivity index (χ3v) is 6.26. The lowest BCUT2D eigenvalue weighted by Crippen LogP contribution is -2.42. The Balaban J connectivity index is 1.49. The molecule has 1 aliphatic rings. The van der Waals surface area contributed by atoms with Crippen LogP contribution in [-0.2, 0) is 24.8 Å². The lowest BCUT2D eigenvalue weighted by Gasteiger charge is -2.26. The second-order valence-corrected chi connectivity index (χ2v) is 8.92. The fraction of sp³-hybridized carbons (Fsp3) is 0.667. The average molecular weight is 434 g/mol. The van der Waals surface area contributed by atoms with Crippen molar-refractivity contribution >= 4 is 17.3 Å². The number of hydrogen-bond acceptors (Lipinski definition) is 6. The number of nitrogens with one attached hydrogen (secondary N) is 2. The molecule has 1 fully saturated rings. The standard InChI is InChI=1S/C21H35N7OS/c1-17(14-19-6-4-13-30-19)15-23-21(24-16-20-26-25-18(2)27(20)3)22-7-5-8-28-9-11-29-12-10-28/h4,6,13,17H,5,7-12,14-16H2,1-3H3,(H2,22,23,24). The summed E-state index contributed by atoms with van der Waals surface area (Å²) < 4.78 is 7.41. The maximum absolute atomic E-state index is 5.42. The van der Waals surface area contributed by atoms with Gasteiger partial charge in [0.15, 0.2) is 11.8 Å². The summed E-state index contributed by atoms with van der Waals surface area (Å²) in [6, 6.07) is 4.32. The van der Waals surface area contributed by atoms with Gasteiger partial charge >= 0.3 is 0 Å². The molecule has 3 rings (SSSR count). The van der Waals surface area contributed by atoms with Gasteiger partial charge in [0, 0.05) is 38.1 Å². The van der Waals surface area contributed by atoms with E-state index in [1.165, 1.54) is 4.88 Å². The molecule has 1 unspecified atom stereocenters.